The van der Waals surface area contributed by atoms with Gasteiger partial charge in [0.15, 0.2) is 0 Å². The average molecular weight is 166 g/mol. The molecule has 1 aliphatic heterocycles. The minimum Gasteiger partial charge on any atom is -0.371 e. The van der Waals surface area contributed by atoms with Crippen molar-refractivity contribution in [3.63, 3.8) is 0 Å². The number of hydrogen-bond acceptors (Lipinski definition) is 1. The van der Waals surface area contributed by atoms with Crippen molar-refractivity contribution >= 4 is 0 Å². The summed E-state index contributed by atoms with van der Waals surface area (Å²) in [5.74, 6) is 0.775. The lowest BCUT2D eigenvalue weighted by Gasteiger charge is -2.32. The molecule has 0 N–H and O–H groups in total. The first kappa shape index (κ1) is 8.31. The van der Waals surface area contributed by atoms with Crippen LogP contribution in [-0.2, 0) is 4.74 Å². The van der Waals surface area contributed by atoms with Crippen LogP contribution in [0.2, 0.25) is 0 Å². The monoisotopic (exact) mass is 166 g/mol. The molecule has 0 aromatic heterocycles. The van der Waals surface area contributed by atoms with Gasteiger partial charge in [0, 0.05) is 0 Å². The van der Waals surface area contributed by atoms with E-state index in [2.05, 4.69) is 19.1 Å². The summed E-state index contributed by atoms with van der Waals surface area (Å²) in [7, 11) is 0. The topological polar surface area (TPSA) is 9.23 Å². The van der Waals surface area contributed by atoms with Crippen molar-refractivity contribution in [2.24, 2.45) is 5.92 Å². The predicted octanol–water partition coefficient (Wildman–Crippen LogP) is 2.91. The van der Waals surface area contributed by atoms with Gasteiger partial charge < -0.3 is 4.74 Å². The van der Waals surface area contributed by atoms with E-state index in [-0.39, 0.29) is 5.60 Å². The van der Waals surface area contributed by atoms with Gasteiger partial charge in [0.2, 0.25) is 0 Å². The van der Waals surface area contributed by atoms with Crippen molar-refractivity contribution in [1.29, 1.82) is 0 Å². The molecule has 68 valence electrons. The summed E-state index contributed by atoms with van der Waals surface area (Å²) < 4.78 is 5.98. The van der Waals surface area contributed by atoms with Gasteiger partial charge in [-0.2, -0.15) is 0 Å². The molecule has 1 aliphatic carbocycles. The molecule has 0 saturated heterocycles. The van der Waals surface area contributed by atoms with Gasteiger partial charge in [-0.15, -0.1) is 0 Å². The highest BCUT2D eigenvalue weighted by Crippen LogP contribution is 2.42. The SMILES string of the molecule is C[C@H]1CCC[C@@]12CCC=CCO2. The molecule has 1 heteroatoms. The van der Waals surface area contributed by atoms with Crippen LogP contribution < -0.4 is 0 Å². The average Bonchev–Trinajstić information content (AvgIpc) is 2.33. The van der Waals surface area contributed by atoms with E-state index in [0.29, 0.717) is 0 Å². The Morgan fingerprint density at radius 1 is 1.33 bits per heavy atom. The Morgan fingerprint density at radius 2 is 2.25 bits per heavy atom. The smallest absolute Gasteiger partial charge is 0.0715 e. The van der Waals surface area contributed by atoms with E-state index < -0.39 is 0 Å². The second-order valence-corrected chi connectivity index (χ2v) is 4.18. The first-order valence-electron chi connectivity index (χ1n) is 5.12. The molecule has 12 heavy (non-hydrogen) atoms. The minimum atomic E-state index is 0.253. The Kier molecular flexibility index (Phi) is 2.22. The van der Waals surface area contributed by atoms with Crippen LogP contribution in [0.25, 0.3) is 0 Å². The highest BCUT2D eigenvalue weighted by atomic mass is 16.5. The van der Waals surface area contributed by atoms with E-state index in [1.54, 1.807) is 0 Å². The van der Waals surface area contributed by atoms with Crippen LogP contribution >= 0.6 is 0 Å². The first-order chi connectivity index (χ1) is 5.83. The molecule has 0 amide bonds. The summed E-state index contributed by atoms with van der Waals surface area (Å²) >= 11 is 0. The molecule has 2 aliphatic rings. The summed E-state index contributed by atoms with van der Waals surface area (Å²) in [4.78, 5) is 0. The van der Waals surface area contributed by atoms with Gasteiger partial charge in [-0.05, 0) is 31.6 Å². The van der Waals surface area contributed by atoms with E-state index in [0.717, 1.165) is 12.5 Å². The lowest BCUT2D eigenvalue weighted by Crippen LogP contribution is -2.34. The summed E-state index contributed by atoms with van der Waals surface area (Å²) in [5, 5.41) is 0. The fourth-order valence-corrected chi connectivity index (χ4v) is 2.60. The van der Waals surface area contributed by atoms with Crippen LogP contribution in [0.3, 0.4) is 0 Å². The molecule has 0 aromatic rings. The molecule has 0 unspecified atom stereocenters. The largest absolute Gasteiger partial charge is 0.371 e. The Morgan fingerprint density at radius 3 is 3.00 bits per heavy atom. The summed E-state index contributed by atoms with van der Waals surface area (Å²) in [6, 6.07) is 0. The molecule has 1 heterocycles. The second-order valence-electron chi connectivity index (χ2n) is 4.18. The quantitative estimate of drug-likeness (QED) is 0.503. The van der Waals surface area contributed by atoms with Crippen LogP contribution in [0.5, 0.6) is 0 Å². The molecule has 2 atom stereocenters. The molecular formula is C11H18O. The molecule has 1 nitrogen and oxygen atoms in total. The van der Waals surface area contributed by atoms with Crippen molar-refractivity contribution in [2.45, 2.75) is 44.6 Å². The highest BCUT2D eigenvalue weighted by molar-refractivity contribution is 4.98. The van der Waals surface area contributed by atoms with Gasteiger partial charge in [0.1, 0.15) is 0 Å². The zero-order valence-electron chi connectivity index (χ0n) is 7.88. The van der Waals surface area contributed by atoms with Gasteiger partial charge in [0.05, 0.1) is 12.2 Å². The third-order valence-electron chi connectivity index (χ3n) is 3.50. The van der Waals surface area contributed by atoms with E-state index in [9.17, 15) is 0 Å². The second kappa shape index (κ2) is 3.21. The maximum atomic E-state index is 5.98. The van der Waals surface area contributed by atoms with Crippen LogP contribution in [0.4, 0.5) is 0 Å². The summed E-state index contributed by atoms with van der Waals surface area (Å²) in [5.41, 5.74) is 0.253. The van der Waals surface area contributed by atoms with Crippen LogP contribution in [0.15, 0.2) is 12.2 Å². The standard InChI is InChI=1S/C11H18O/c1-10-6-5-8-11(10)7-3-2-4-9-12-11/h2,4,10H,3,5-9H2,1H3/t10-,11-/m0/s1. The van der Waals surface area contributed by atoms with Crippen LogP contribution in [0.1, 0.15) is 39.0 Å². The summed E-state index contributed by atoms with van der Waals surface area (Å²) in [6.45, 7) is 3.18. The van der Waals surface area contributed by atoms with Crippen molar-refractivity contribution in [1.82, 2.24) is 0 Å². The minimum absolute atomic E-state index is 0.253. The first-order valence-corrected chi connectivity index (χ1v) is 5.12. The lowest BCUT2D eigenvalue weighted by atomic mass is 9.88. The van der Waals surface area contributed by atoms with Crippen molar-refractivity contribution in [3.05, 3.63) is 12.2 Å². The maximum Gasteiger partial charge on any atom is 0.0715 e. The van der Waals surface area contributed by atoms with Crippen molar-refractivity contribution in [2.75, 3.05) is 6.61 Å². The van der Waals surface area contributed by atoms with Crippen LogP contribution in [-0.4, -0.2) is 12.2 Å². The Hall–Kier alpha value is -0.300. The highest BCUT2D eigenvalue weighted by Gasteiger charge is 2.40. The number of allylic oxidation sites excluding steroid dienone is 1. The van der Waals surface area contributed by atoms with Crippen molar-refractivity contribution < 1.29 is 4.74 Å². The molecule has 0 bridgehead atoms. The molecular weight excluding hydrogens is 148 g/mol. The third-order valence-corrected chi connectivity index (χ3v) is 3.50. The van der Waals surface area contributed by atoms with Gasteiger partial charge in [-0.25, -0.2) is 0 Å². The molecule has 1 fully saturated rings. The Balaban J connectivity index is 2.08. The van der Waals surface area contributed by atoms with Gasteiger partial charge in [-0.1, -0.05) is 25.5 Å². The summed E-state index contributed by atoms with van der Waals surface area (Å²) in [6.07, 6.45) is 10.9. The number of ether oxygens (including phenoxy) is 1. The Bertz CT molecular complexity index is 173. The molecule has 0 radical (unpaired) electrons. The Labute approximate surface area is 74.8 Å². The fourth-order valence-electron chi connectivity index (χ4n) is 2.60. The molecule has 1 saturated carbocycles. The van der Waals surface area contributed by atoms with E-state index in [4.69, 9.17) is 4.74 Å². The zero-order valence-corrected chi connectivity index (χ0v) is 7.88. The van der Waals surface area contributed by atoms with E-state index in [1.165, 1.54) is 32.1 Å². The fraction of sp³-hybridized carbons (Fsp3) is 0.818. The number of hydrogen-bond donors (Lipinski definition) is 0. The van der Waals surface area contributed by atoms with Crippen LogP contribution in [0, 0.1) is 5.92 Å². The van der Waals surface area contributed by atoms with Crippen molar-refractivity contribution in [3.8, 4) is 0 Å². The predicted molar refractivity (Wildman–Crippen MR) is 50.1 cm³/mol. The van der Waals surface area contributed by atoms with Gasteiger partial charge in [-0.3, -0.25) is 0 Å². The normalized spacial score (nSPS) is 41.9. The van der Waals surface area contributed by atoms with E-state index >= 15 is 0 Å². The third kappa shape index (κ3) is 1.31. The maximum absolute atomic E-state index is 5.98. The van der Waals surface area contributed by atoms with Gasteiger partial charge >= 0.3 is 0 Å². The zero-order chi connectivity index (χ0) is 8.44. The molecule has 0 aromatic carbocycles. The van der Waals surface area contributed by atoms with E-state index in [1.807, 2.05) is 0 Å². The number of rotatable bonds is 0. The molecule has 2 rings (SSSR count). The van der Waals surface area contributed by atoms with Gasteiger partial charge in [0.25, 0.3) is 0 Å². The molecule has 1 spiro atoms. The lowest BCUT2D eigenvalue weighted by molar-refractivity contribution is -0.0573.